The van der Waals surface area contributed by atoms with Gasteiger partial charge in [-0.2, -0.15) is 0 Å². The summed E-state index contributed by atoms with van der Waals surface area (Å²) in [6.07, 6.45) is 0.926. The number of nitrogens with zero attached hydrogens (tertiary/aromatic N) is 1. The van der Waals surface area contributed by atoms with Gasteiger partial charge in [-0.3, -0.25) is 9.59 Å². The Morgan fingerprint density at radius 1 is 1.07 bits per heavy atom. The summed E-state index contributed by atoms with van der Waals surface area (Å²) in [6.45, 7) is 2.47. The smallest absolute Gasteiger partial charge is 0.243 e. The Kier molecular flexibility index (Phi) is 7.67. The first kappa shape index (κ1) is 20.3. The van der Waals surface area contributed by atoms with Gasteiger partial charge in [0.15, 0.2) is 0 Å². The highest BCUT2D eigenvalue weighted by atomic mass is 16.5. The van der Waals surface area contributed by atoms with Gasteiger partial charge < -0.3 is 19.7 Å². The predicted molar refractivity (Wildman–Crippen MR) is 105 cm³/mol. The standard InChI is InChI=1S/C21H26N2O4/c1-16-6-4-7-19(14-16)27-13-5-8-21(25)23(2)15-20(24)22-17-9-11-18(26-3)12-10-17/h4,6-7,9-12,14H,5,8,13,15H2,1-3H3,(H,22,24). The second-order valence-electron chi connectivity index (χ2n) is 6.30. The van der Waals surface area contributed by atoms with Gasteiger partial charge in [0.25, 0.3) is 0 Å². The molecule has 0 fully saturated rings. The molecule has 2 aromatic rings. The Morgan fingerprint density at radius 2 is 1.81 bits per heavy atom. The molecule has 2 amide bonds. The summed E-state index contributed by atoms with van der Waals surface area (Å²) in [5.74, 6) is 1.18. The van der Waals surface area contributed by atoms with Gasteiger partial charge in [-0.1, -0.05) is 12.1 Å². The van der Waals surface area contributed by atoms with Gasteiger partial charge in [0.1, 0.15) is 11.5 Å². The zero-order chi connectivity index (χ0) is 19.6. The van der Waals surface area contributed by atoms with Crippen molar-refractivity contribution in [1.29, 1.82) is 0 Å². The molecular formula is C21H26N2O4. The molecule has 2 rings (SSSR count). The summed E-state index contributed by atoms with van der Waals surface area (Å²) in [4.78, 5) is 25.6. The maximum atomic E-state index is 12.2. The third-order valence-corrected chi connectivity index (χ3v) is 3.97. The van der Waals surface area contributed by atoms with Crippen LogP contribution in [-0.2, 0) is 9.59 Å². The number of aryl methyl sites for hydroxylation is 1. The third-order valence-electron chi connectivity index (χ3n) is 3.97. The molecule has 6 nitrogen and oxygen atoms in total. The van der Waals surface area contributed by atoms with E-state index in [9.17, 15) is 9.59 Å². The van der Waals surface area contributed by atoms with Gasteiger partial charge in [0.2, 0.25) is 11.8 Å². The van der Waals surface area contributed by atoms with Crippen molar-refractivity contribution in [1.82, 2.24) is 4.90 Å². The van der Waals surface area contributed by atoms with Crippen LogP contribution in [0.5, 0.6) is 11.5 Å². The maximum Gasteiger partial charge on any atom is 0.243 e. The summed E-state index contributed by atoms with van der Waals surface area (Å²) in [6, 6.07) is 14.8. The normalized spacial score (nSPS) is 10.2. The largest absolute Gasteiger partial charge is 0.497 e. The summed E-state index contributed by atoms with van der Waals surface area (Å²) in [7, 11) is 3.21. The number of anilines is 1. The quantitative estimate of drug-likeness (QED) is 0.688. The van der Waals surface area contributed by atoms with E-state index in [4.69, 9.17) is 9.47 Å². The lowest BCUT2D eigenvalue weighted by Crippen LogP contribution is -2.34. The van der Waals surface area contributed by atoms with E-state index >= 15 is 0 Å². The first-order valence-corrected chi connectivity index (χ1v) is 8.85. The van der Waals surface area contributed by atoms with E-state index in [1.807, 2.05) is 31.2 Å². The molecule has 0 atom stereocenters. The molecule has 6 heteroatoms. The number of rotatable bonds is 9. The van der Waals surface area contributed by atoms with Crippen LogP contribution in [0.4, 0.5) is 5.69 Å². The van der Waals surface area contributed by atoms with Crippen molar-refractivity contribution in [2.75, 3.05) is 32.6 Å². The fraction of sp³-hybridized carbons (Fsp3) is 0.333. The van der Waals surface area contributed by atoms with Gasteiger partial charge in [-0.25, -0.2) is 0 Å². The van der Waals surface area contributed by atoms with E-state index in [0.717, 1.165) is 11.3 Å². The highest BCUT2D eigenvalue weighted by molar-refractivity contribution is 5.94. The highest BCUT2D eigenvalue weighted by Crippen LogP contribution is 2.15. The molecule has 2 aromatic carbocycles. The second-order valence-corrected chi connectivity index (χ2v) is 6.30. The van der Waals surface area contributed by atoms with Crippen LogP contribution >= 0.6 is 0 Å². The molecule has 0 saturated carbocycles. The van der Waals surface area contributed by atoms with Gasteiger partial charge in [0, 0.05) is 19.2 Å². The fourth-order valence-corrected chi connectivity index (χ4v) is 2.49. The molecule has 0 aliphatic carbocycles. The Labute approximate surface area is 160 Å². The van der Waals surface area contributed by atoms with Crippen molar-refractivity contribution in [2.45, 2.75) is 19.8 Å². The number of nitrogens with one attached hydrogen (secondary N) is 1. The van der Waals surface area contributed by atoms with E-state index < -0.39 is 0 Å². The lowest BCUT2D eigenvalue weighted by Gasteiger charge is -2.17. The molecule has 0 heterocycles. The number of carbonyl (C=O) groups excluding carboxylic acids is 2. The zero-order valence-corrected chi connectivity index (χ0v) is 16.0. The third kappa shape index (κ3) is 7.01. The number of hydrogen-bond acceptors (Lipinski definition) is 4. The van der Waals surface area contributed by atoms with E-state index in [1.54, 1.807) is 38.4 Å². The molecule has 144 valence electrons. The molecule has 0 bridgehead atoms. The minimum atomic E-state index is -0.243. The van der Waals surface area contributed by atoms with Gasteiger partial charge >= 0.3 is 0 Å². The van der Waals surface area contributed by atoms with Crippen LogP contribution in [0.1, 0.15) is 18.4 Å². The maximum absolute atomic E-state index is 12.2. The number of benzene rings is 2. The topological polar surface area (TPSA) is 67.9 Å². The minimum Gasteiger partial charge on any atom is -0.497 e. The minimum absolute atomic E-state index is 0.00357. The van der Waals surface area contributed by atoms with Crippen molar-refractivity contribution in [2.24, 2.45) is 0 Å². The van der Waals surface area contributed by atoms with Crippen LogP contribution in [0.15, 0.2) is 48.5 Å². The van der Waals surface area contributed by atoms with E-state index in [-0.39, 0.29) is 18.4 Å². The molecular weight excluding hydrogens is 344 g/mol. The number of likely N-dealkylation sites (N-methyl/N-ethyl adjacent to an activating group) is 1. The molecule has 0 radical (unpaired) electrons. The molecule has 0 spiro atoms. The van der Waals surface area contributed by atoms with Gasteiger partial charge in [-0.15, -0.1) is 0 Å². The van der Waals surface area contributed by atoms with Crippen molar-refractivity contribution in [3.63, 3.8) is 0 Å². The molecule has 0 saturated heterocycles. The molecule has 0 aliphatic rings. The summed E-state index contributed by atoms with van der Waals surface area (Å²) < 4.78 is 10.7. The number of hydrogen-bond donors (Lipinski definition) is 1. The lowest BCUT2D eigenvalue weighted by atomic mass is 10.2. The van der Waals surface area contributed by atoms with Crippen molar-refractivity contribution in [3.05, 3.63) is 54.1 Å². The van der Waals surface area contributed by atoms with Crippen LogP contribution in [0.2, 0.25) is 0 Å². The second kappa shape index (κ2) is 10.2. The van der Waals surface area contributed by atoms with Crippen LogP contribution in [0.3, 0.4) is 0 Å². The van der Waals surface area contributed by atoms with Crippen molar-refractivity contribution < 1.29 is 19.1 Å². The van der Waals surface area contributed by atoms with Crippen LogP contribution in [-0.4, -0.2) is 44.0 Å². The summed E-state index contributed by atoms with van der Waals surface area (Å²) in [5, 5.41) is 2.76. The molecule has 0 aliphatic heterocycles. The summed E-state index contributed by atoms with van der Waals surface area (Å²) >= 11 is 0. The molecule has 0 aromatic heterocycles. The van der Waals surface area contributed by atoms with E-state index in [1.165, 1.54) is 4.90 Å². The first-order valence-electron chi connectivity index (χ1n) is 8.85. The summed E-state index contributed by atoms with van der Waals surface area (Å²) in [5.41, 5.74) is 1.79. The zero-order valence-electron chi connectivity index (χ0n) is 16.0. The average molecular weight is 370 g/mol. The van der Waals surface area contributed by atoms with E-state index in [2.05, 4.69) is 5.32 Å². The number of ether oxygens (including phenoxy) is 2. The van der Waals surface area contributed by atoms with Crippen LogP contribution in [0.25, 0.3) is 0 Å². The predicted octanol–water partition coefficient (Wildman–Crippen LogP) is 3.26. The highest BCUT2D eigenvalue weighted by Gasteiger charge is 2.13. The molecule has 0 unspecified atom stereocenters. The SMILES string of the molecule is COc1ccc(NC(=O)CN(C)C(=O)CCCOc2cccc(C)c2)cc1. The molecule has 27 heavy (non-hydrogen) atoms. The number of methoxy groups -OCH3 is 1. The Hall–Kier alpha value is -3.02. The van der Waals surface area contributed by atoms with Gasteiger partial charge in [0.05, 0.1) is 20.3 Å². The number of amides is 2. The average Bonchev–Trinajstić information content (AvgIpc) is 2.65. The first-order chi connectivity index (χ1) is 13.0. The van der Waals surface area contributed by atoms with Crippen LogP contribution in [0, 0.1) is 6.92 Å². The molecule has 1 N–H and O–H groups in total. The Balaban J connectivity index is 1.68. The Bertz CT molecular complexity index is 759. The fourth-order valence-electron chi connectivity index (χ4n) is 2.49. The van der Waals surface area contributed by atoms with E-state index in [0.29, 0.717) is 30.9 Å². The van der Waals surface area contributed by atoms with Crippen molar-refractivity contribution in [3.8, 4) is 11.5 Å². The van der Waals surface area contributed by atoms with Gasteiger partial charge in [-0.05, 0) is 55.3 Å². The monoisotopic (exact) mass is 370 g/mol. The van der Waals surface area contributed by atoms with Crippen LogP contribution < -0.4 is 14.8 Å². The lowest BCUT2D eigenvalue weighted by molar-refractivity contribution is -0.133. The van der Waals surface area contributed by atoms with Crippen molar-refractivity contribution >= 4 is 17.5 Å². The number of carbonyl (C=O) groups is 2. The Morgan fingerprint density at radius 3 is 2.48 bits per heavy atom.